The molecule has 0 saturated heterocycles. The first kappa shape index (κ1) is 31.0. The van der Waals surface area contributed by atoms with Gasteiger partial charge in [-0.2, -0.15) is 0 Å². The van der Waals surface area contributed by atoms with Crippen molar-refractivity contribution >= 4 is 67.4 Å². The predicted molar refractivity (Wildman–Crippen MR) is 237 cm³/mol. The largest absolute Gasteiger partial charge is 0.453 e. The van der Waals surface area contributed by atoms with E-state index in [1.54, 1.807) is 11.1 Å². The van der Waals surface area contributed by atoms with E-state index in [0.29, 0.717) is 10.8 Å². The summed E-state index contributed by atoms with van der Waals surface area (Å²) in [5.41, 5.74) is 16.2. The molecule has 8 aliphatic carbocycles. The fraction of sp³-hybridized carbons (Fsp3) is 0.370. The van der Waals surface area contributed by atoms with Crippen LogP contribution in [0.15, 0.2) is 103 Å². The molecule has 0 spiro atoms. The first-order chi connectivity index (χ1) is 28.6. The Morgan fingerprint density at radius 1 is 0.517 bits per heavy atom. The smallest absolute Gasteiger partial charge is 0.333 e. The van der Waals surface area contributed by atoms with Gasteiger partial charge in [-0.15, -0.1) is 0 Å². The molecule has 0 amide bonds. The van der Waals surface area contributed by atoms with Gasteiger partial charge in [-0.3, -0.25) is 0 Å². The second kappa shape index (κ2) is 10.2. The Bertz CT molecular complexity index is 2970. The van der Waals surface area contributed by atoms with Crippen molar-refractivity contribution in [3.8, 4) is 22.6 Å². The van der Waals surface area contributed by atoms with Gasteiger partial charge in [0.1, 0.15) is 0 Å². The molecule has 1 aromatic heterocycles. The van der Waals surface area contributed by atoms with Crippen molar-refractivity contribution in [2.24, 2.45) is 35.5 Å². The van der Waals surface area contributed by atoms with Gasteiger partial charge in [0.15, 0.2) is 11.5 Å². The van der Waals surface area contributed by atoms with E-state index in [9.17, 15) is 0 Å². The van der Waals surface area contributed by atoms with Gasteiger partial charge >= 0.3 is 6.85 Å². The van der Waals surface area contributed by atoms with E-state index >= 15 is 0 Å². The van der Waals surface area contributed by atoms with E-state index in [1.165, 1.54) is 143 Å². The summed E-state index contributed by atoms with van der Waals surface area (Å²) in [6.45, 7) is 0.0398. The summed E-state index contributed by atoms with van der Waals surface area (Å²) in [5, 5.41) is 5.66. The van der Waals surface area contributed by atoms with Crippen LogP contribution in [0.3, 0.4) is 0 Å². The lowest BCUT2D eigenvalue weighted by molar-refractivity contribution is -0.00527. The zero-order chi connectivity index (χ0) is 37.2. The Morgan fingerprint density at radius 3 is 1.90 bits per heavy atom. The van der Waals surface area contributed by atoms with Crippen LogP contribution in [0, 0.1) is 35.5 Å². The van der Waals surface area contributed by atoms with Crippen molar-refractivity contribution in [3.05, 3.63) is 114 Å². The molecule has 4 heteroatoms. The molecule has 7 aromatic rings. The number of para-hydroxylation sites is 3. The molecule has 3 nitrogen and oxygen atoms in total. The second-order valence-electron chi connectivity index (χ2n) is 21.3. The van der Waals surface area contributed by atoms with Crippen LogP contribution in [-0.4, -0.2) is 11.3 Å². The number of hydrogen-bond donors (Lipinski definition) is 0. The van der Waals surface area contributed by atoms with Crippen molar-refractivity contribution in [2.75, 3.05) is 4.90 Å². The number of ether oxygens (including phenoxy) is 1. The Labute approximate surface area is 340 Å². The molecule has 8 bridgehead atoms. The van der Waals surface area contributed by atoms with Crippen LogP contribution in [0.4, 0.5) is 17.1 Å². The maximum Gasteiger partial charge on any atom is 0.333 e. The predicted octanol–water partition coefficient (Wildman–Crippen LogP) is 12.4. The molecule has 8 saturated carbocycles. The van der Waals surface area contributed by atoms with Crippen molar-refractivity contribution in [1.29, 1.82) is 0 Å². The zero-order valence-corrected chi connectivity index (χ0v) is 33.1. The van der Waals surface area contributed by atoms with Crippen LogP contribution in [-0.2, 0) is 10.8 Å². The van der Waals surface area contributed by atoms with E-state index in [-0.39, 0.29) is 6.85 Å². The second-order valence-corrected chi connectivity index (χ2v) is 21.3. The van der Waals surface area contributed by atoms with E-state index in [0.717, 1.165) is 52.7 Å². The average Bonchev–Trinajstić information content (AvgIpc) is 3.55. The number of hydrogen-bond acceptors (Lipinski definition) is 2. The van der Waals surface area contributed by atoms with E-state index < -0.39 is 0 Å². The zero-order valence-electron chi connectivity index (χ0n) is 33.1. The maximum absolute atomic E-state index is 6.82. The summed E-state index contributed by atoms with van der Waals surface area (Å²) >= 11 is 0. The first-order valence-electron chi connectivity index (χ1n) is 23.0. The monoisotopic (exact) mass is 750 g/mol. The van der Waals surface area contributed by atoms with Gasteiger partial charge in [0.25, 0.3) is 0 Å². The molecule has 11 aliphatic rings. The SMILES string of the molecule is c1ccc2c(c1)Oc1cccc3c1N2c1c2c(cc4ccccc14)-c1cc(C45CC6CC(CC(C6)C4)C5)cc4c5cc(C67CC8CC(CC(C8)C6)C7)ccc5n(c14)B32. The lowest BCUT2D eigenvalue weighted by Crippen LogP contribution is -2.57. The van der Waals surface area contributed by atoms with Crippen LogP contribution >= 0.6 is 0 Å². The number of anilines is 3. The molecule has 4 heterocycles. The van der Waals surface area contributed by atoms with E-state index in [4.69, 9.17) is 4.74 Å². The molecule has 282 valence electrons. The summed E-state index contributed by atoms with van der Waals surface area (Å²) < 4.78 is 9.64. The molecule has 0 unspecified atom stereocenters. The summed E-state index contributed by atoms with van der Waals surface area (Å²) in [6.07, 6.45) is 17.3. The van der Waals surface area contributed by atoms with Crippen LogP contribution in [0.2, 0.25) is 0 Å². The van der Waals surface area contributed by atoms with E-state index in [1.807, 2.05) is 0 Å². The van der Waals surface area contributed by atoms with Crippen molar-refractivity contribution in [2.45, 2.75) is 87.9 Å². The van der Waals surface area contributed by atoms with Crippen molar-refractivity contribution in [1.82, 2.24) is 4.48 Å². The molecule has 8 fully saturated rings. The fourth-order valence-electron chi connectivity index (χ4n) is 17.0. The highest BCUT2D eigenvalue weighted by Gasteiger charge is 2.54. The number of aromatic nitrogens is 1. The Balaban J connectivity index is 1.04. The highest BCUT2D eigenvalue weighted by atomic mass is 16.5. The molecule has 0 atom stereocenters. The van der Waals surface area contributed by atoms with Crippen LogP contribution in [0.1, 0.15) is 88.2 Å². The lowest BCUT2D eigenvalue weighted by Gasteiger charge is -2.57. The summed E-state index contributed by atoms with van der Waals surface area (Å²) in [4.78, 5) is 2.59. The molecular weight excluding hydrogens is 703 g/mol. The van der Waals surface area contributed by atoms with E-state index in [2.05, 4.69) is 113 Å². The van der Waals surface area contributed by atoms with Gasteiger partial charge < -0.3 is 14.1 Å². The Hall–Kier alpha value is -4.96. The average molecular weight is 751 g/mol. The van der Waals surface area contributed by atoms with Gasteiger partial charge in [0.2, 0.25) is 0 Å². The van der Waals surface area contributed by atoms with Crippen LogP contribution in [0.5, 0.6) is 11.5 Å². The molecule has 0 N–H and O–H groups in total. The van der Waals surface area contributed by atoms with Crippen molar-refractivity contribution < 1.29 is 4.74 Å². The number of benzene rings is 6. The fourth-order valence-corrected chi connectivity index (χ4v) is 17.0. The topological polar surface area (TPSA) is 17.4 Å². The maximum atomic E-state index is 6.82. The van der Waals surface area contributed by atoms with Crippen LogP contribution in [0.25, 0.3) is 43.7 Å². The summed E-state index contributed by atoms with van der Waals surface area (Å²) in [5.74, 6) is 7.41. The normalized spacial score (nSPS) is 32.2. The Kier molecular flexibility index (Phi) is 5.48. The van der Waals surface area contributed by atoms with Gasteiger partial charge in [0, 0.05) is 32.8 Å². The standard InChI is InChI=1S/C54H47BN2O/c1-2-7-39-36(6-1)20-41-43-23-38(54-27-33-17-34(28-54)19-35(18-33)29-54)22-42-40-21-37(53-24-30-14-31(25-53)16-32(15-30)26-53)12-13-45(40)57(50(42)43)55-44-8-5-11-48-52(44)56(51(39)49(41)55)46-9-3-4-10-47(46)58-48/h1-13,20-23,30-35H,14-19,24-29H2. The molecule has 3 aliphatic heterocycles. The van der Waals surface area contributed by atoms with Crippen molar-refractivity contribution in [3.63, 3.8) is 0 Å². The van der Waals surface area contributed by atoms with Gasteiger partial charge in [-0.25, -0.2) is 0 Å². The molecule has 18 rings (SSSR count). The minimum atomic E-state index is 0.0398. The third kappa shape index (κ3) is 3.69. The summed E-state index contributed by atoms with van der Waals surface area (Å²) in [6, 6.07) is 40.8. The molecular formula is C54H47BN2O. The minimum absolute atomic E-state index is 0.0398. The van der Waals surface area contributed by atoms with Gasteiger partial charge in [-0.05, 0) is 205 Å². The summed E-state index contributed by atoms with van der Waals surface area (Å²) in [7, 11) is 0. The third-order valence-electron chi connectivity index (χ3n) is 18.2. The highest BCUT2D eigenvalue weighted by molar-refractivity contribution is 6.90. The van der Waals surface area contributed by atoms with Gasteiger partial charge in [0.05, 0.1) is 17.1 Å². The lowest BCUT2D eigenvalue weighted by atomic mass is 9.44. The number of rotatable bonds is 2. The third-order valence-corrected chi connectivity index (χ3v) is 18.2. The Morgan fingerprint density at radius 2 is 1.16 bits per heavy atom. The van der Waals surface area contributed by atoms with Crippen LogP contribution < -0.4 is 20.6 Å². The molecule has 6 aromatic carbocycles. The van der Waals surface area contributed by atoms with Gasteiger partial charge in [-0.1, -0.05) is 54.6 Å². The minimum Gasteiger partial charge on any atom is -0.453 e. The quantitative estimate of drug-likeness (QED) is 0.164. The number of nitrogens with zero attached hydrogens (tertiary/aromatic N) is 2. The molecule has 0 radical (unpaired) electrons. The molecule has 58 heavy (non-hydrogen) atoms. The number of fused-ring (bicyclic) bond motifs is 11. The first-order valence-corrected chi connectivity index (χ1v) is 23.0. The highest BCUT2D eigenvalue weighted by Crippen LogP contribution is 2.64.